The molecule has 0 bridgehead atoms. The zero-order valence-corrected chi connectivity index (χ0v) is 7.53. The fraction of sp³-hybridized carbons (Fsp3) is 0.250. The highest BCUT2D eigenvalue weighted by Gasteiger charge is 2.10. The molecule has 1 rings (SSSR count). The van der Waals surface area contributed by atoms with E-state index in [1.807, 2.05) is 6.92 Å². The molecule has 1 aromatic rings. The van der Waals surface area contributed by atoms with Gasteiger partial charge in [-0.3, -0.25) is 9.59 Å². The van der Waals surface area contributed by atoms with Gasteiger partial charge in [0.1, 0.15) is 0 Å². The Bertz CT molecular complexity index is 361. The van der Waals surface area contributed by atoms with Gasteiger partial charge in [-0.15, -0.1) is 0 Å². The highest BCUT2D eigenvalue weighted by atomic mass is 32.1. The minimum absolute atomic E-state index is 0.183. The summed E-state index contributed by atoms with van der Waals surface area (Å²) in [4.78, 5) is 24.9. The lowest BCUT2D eigenvalue weighted by Gasteiger charge is -1.92. The van der Waals surface area contributed by atoms with Gasteiger partial charge in [0.2, 0.25) is 0 Å². The molecule has 0 atom stereocenters. The third-order valence-corrected chi connectivity index (χ3v) is 2.42. The molecule has 0 unspecified atom stereocenters. The fourth-order valence-corrected chi connectivity index (χ4v) is 1.76. The van der Waals surface area contributed by atoms with E-state index in [2.05, 4.69) is 11.6 Å². The van der Waals surface area contributed by atoms with E-state index < -0.39 is 0 Å². The standard InChI is InChI=1S/C8H9NO2S/c1-3-5-7(6(10)4-2)12-8(11)9-5/h4H,2-3H2,1H3,(H,9,11). The van der Waals surface area contributed by atoms with Gasteiger partial charge in [0, 0.05) is 5.69 Å². The second-order valence-electron chi connectivity index (χ2n) is 2.24. The molecule has 12 heavy (non-hydrogen) atoms. The molecule has 0 saturated carbocycles. The first-order chi connectivity index (χ1) is 5.69. The third kappa shape index (κ3) is 1.53. The molecule has 1 N–H and O–H groups in total. The smallest absolute Gasteiger partial charge is 0.305 e. The zero-order chi connectivity index (χ0) is 9.14. The fourth-order valence-electron chi connectivity index (χ4n) is 0.900. The summed E-state index contributed by atoms with van der Waals surface area (Å²) in [6.45, 7) is 5.25. The first kappa shape index (κ1) is 8.93. The number of carbonyl (C=O) groups excluding carboxylic acids is 1. The normalized spacial score (nSPS) is 9.75. The summed E-state index contributed by atoms with van der Waals surface area (Å²) >= 11 is 0.940. The van der Waals surface area contributed by atoms with Crippen molar-refractivity contribution >= 4 is 17.1 Å². The van der Waals surface area contributed by atoms with Crippen LogP contribution in [0.15, 0.2) is 17.4 Å². The van der Waals surface area contributed by atoms with Crippen LogP contribution in [0.3, 0.4) is 0 Å². The molecule has 0 aliphatic heterocycles. The molecule has 0 aliphatic rings. The number of allylic oxidation sites excluding steroid dienone is 1. The van der Waals surface area contributed by atoms with E-state index in [0.717, 1.165) is 11.3 Å². The molecule has 4 heteroatoms. The number of aromatic nitrogens is 1. The number of nitrogens with one attached hydrogen (secondary N) is 1. The molecular weight excluding hydrogens is 174 g/mol. The van der Waals surface area contributed by atoms with E-state index in [1.165, 1.54) is 6.08 Å². The minimum Gasteiger partial charge on any atom is -0.316 e. The van der Waals surface area contributed by atoms with E-state index in [-0.39, 0.29) is 10.7 Å². The number of ketones is 1. The zero-order valence-electron chi connectivity index (χ0n) is 6.72. The average Bonchev–Trinajstić information content (AvgIpc) is 2.45. The van der Waals surface area contributed by atoms with Crippen molar-refractivity contribution in [2.45, 2.75) is 13.3 Å². The van der Waals surface area contributed by atoms with Crippen LogP contribution in [0, 0.1) is 0 Å². The lowest BCUT2D eigenvalue weighted by atomic mass is 10.2. The molecule has 3 nitrogen and oxygen atoms in total. The van der Waals surface area contributed by atoms with Gasteiger partial charge in [0.25, 0.3) is 0 Å². The minimum atomic E-state index is -0.185. The van der Waals surface area contributed by atoms with Crippen molar-refractivity contribution in [1.82, 2.24) is 4.98 Å². The summed E-state index contributed by atoms with van der Waals surface area (Å²) < 4.78 is 0. The van der Waals surface area contributed by atoms with Crippen LogP contribution in [0.1, 0.15) is 22.3 Å². The Morgan fingerprint density at radius 2 is 2.42 bits per heavy atom. The summed E-state index contributed by atoms with van der Waals surface area (Å²) in [7, 11) is 0. The molecule has 0 aliphatic carbocycles. The van der Waals surface area contributed by atoms with E-state index >= 15 is 0 Å². The molecule has 0 aromatic carbocycles. The molecule has 1 heterocycles. The van der Waals surface area contributed by atoms with Gasteiger partial charge in [-0.1, -0.05) is 24.8 Å². The number of aromatic amines is 1. The van der Waals surface area contributed by atoms with Crippen molar-refractivity contribution in [1.29, 1.82) is 0 Å². The maximum absolute atomic E-state index is 11.1. The Kier molecular flexibility index (Phi) is 2.60. The molecule has 0 radical (unpaired) electrons. The topological polar surface area (TPSA) is 49.9 Å². The van der Waals surface area contributed by atoms with Gasteiger partial charge in [0.15, 0.2) is 5.78 Å². The van der Waals surface area contributed by atoms with E-state index in [4.69, 9.17) is 0 Å². The van der Waals surface area contributed by atoms with Crippen LogP contribution >= 0.6 is 11.3 Å². The second-order valence-corrected chi connectivity index (χ2v) is 3.23. The van der Waals surface area contributed by atoms with Gasteiger partial charge < -0.3 is 4.98 Å². The van der Waals surface area contributed by atoms with Crippen molar-refractivity contribution in [3.8, 4) is 0 Å². The molecule has 0 fully saturated rings. The average molecular weight is 183 g/mol. The Balaban J connectivity index is 3.21. The Labute approximate surface area is 73.7 Å². The first-order valence-electron chi connectivity index (χ1n) is 3.57. The molecule has 0 saturated heterocycles. The largest absolute Gasteiger partial charge is 0.316 e. The van der Waals surface area contributed by atoms with Gasteiger partial charge in [-0.2, -0.15) is 0 Å². The SMILES string of the molecule is C=CC(=O)c1sc(=O)[nH]c1CC. The highest BCUT2D eigenvalue weighted by Crippen LogP contribution is 2.10. The quantitative estimate of drug-likeness (QED) is 0.568. The van der Waals surface area contributed by atoms with Gasteiger partial charge in [-0.05, 0) is 12.5 Å². The highest BCUT2D eigenvalue weighted by molar-refractivity contribution is 7.11. The number of carbonyl (C=O) groups is 1. The number of hydrogen-bond donors (Lipinski definition) is 1. The molecule has 0 spiro atoms. The summed E-state index contributed by atoms with van der Waals surface area (Å²) in [6.07, 6.45) is 1.88. The molecule has 1 aromatic heterocycles. The van der Waals surface area contributed by atoms with Gasteiger partial charge in [0.05, 0.1) is 4.88 Å². The summed E-state index contributed by atoms with van der Waals surface area (Å²) in [5.41, 5.74) is 0.704. The van der Waals surface area contributed by atoms with Gasteiger partial charge >= 0.3 is 4.87 Å². The van der Waals surface area contributed by atoms with Crippen molar-refractivity contribution in [3.63, 3.8) is 0 Å². The lowest BCUT2D eigenvalue weighted by Crippen LogP contribution is -1.96. The van der Waals surface area contributed by atoms with Crippen LogP contribution in [-0.2, 0) is 6.42 Å². The number of rotatable bonds is 3. The summed E-state index contributed by atoms with van der Waals surface area (Å²) in [5.74, 6) is -0.185. The Hall–Kier alpha value is -1.16. The van der Waals surface area contributed by atoms with Crippen LogP contribution in [-0.4, -0.2) is 10.8 Å². The van der Waals surface area contributed by atoms with Crippen molar-refractivity contribution in [2.75, 3.05) is 0 Å². The lowest BCUT2D eigenvalue weighted by molar-refractivity contribution is 0.105. The van der Waals surface area contributed by atoms with Gasteiger partial charge in [-0.25, -0.2) is 0 Å². The monoisotopic (exact) mass is 183 g/mol. The maximum atomic E-state index is 11.1. The van der Waals surface area contributed by atoms with Crippen molar-refractivity contribution in [2.24, 2.45) is 0 Å². The van der Waals surface area contributed by atoms with Crippen LogP contribution in [0.5, 0.6) is 0 Å². The molecular formula is C8H9NO2S. The molecule has 64 valence electrons. The van der Waals surface area contributed by atoms with Crippen LogP contribution in [0.25, 0.3) is 0 Å². The predicted octanol–water partition coefficient (Wildman–Crippen LogP) is 1.37. The van der Waals surface area contributed by atoms with Crippen molar-refractivity contribution < 1.29 is 4.79 Å². The van der Waals surface area contributed by atoms with Crippen molar-refractivity contribution in [3.05, 3.63) is 32.9 Å². The maximum Gasteiger partial charge on any atom is 0.305 e. The van der Waals surface area contributed by atoms with Crippen LogP contribution in [0.4, 0.5) is 0 Å². The Morgan fingerprint density at radius 3 is 2.92 bits per heavy atom. The van der Waals surface area contributed by atoms with E-state index in [9.17, 15) is 9.59 Å². The summed E-state index contributed by atoms with van der Waals surface area (Å²) in [6, 6.07) is 0. The van der Waals surface area contributed by atoms with E-state index in [1.54, 1.807) is 0 Å². The number of aryl methyl sites for hydroxylation is 1. The summed E-state index contributed by atoms with van der Waals surface area (Å²) in [5, 5.41) is 0. The third-order valence-electron chi connectivity index (χ3n) is 1.48. The second kappa shape index (κ2) is 3.49. The van der Waals surface area contributed by atoms with Crippen LogP contribution < -0.4 is 4.87 Å². The van der Waals surface area contributed by atoms with E-state index in [0.29, 0.717) is 17.0 Å². The van der Waals surface area contributed by atoms with Crippen LogP contribution in [0.2, 0.25) is 0 Å². The predicted molar refractivity (Wildman–Crippen MR) is 48.8 cm³/mol. The molecule has 0 amide bonds. The number of H-pyrrole nitrogens is 1. The number of hydrogen-bond acceptors (Lipinski definition) is 3. The Morgan fingerprint density at radius 1 is 1.75 bits per heavy atom. The first-order valence-corrected chi connectivity index (χ1v) is 4.39. The number of thiazole rings is 1.